The molecule has 5 heteroatoms. The maximum atomic E-state index is 11.2. The average Bonchev–Trinajstić information content (AvgIpc) is 2.28. The molecule has 0 fully saturated rings. The molecule has 0 aromatic heterocycles. The van der Waals surface area contributed by atoms with E-state index < -0.39 is 11.9 Å². The van der Waals surface area contributed by atoms with Crippen molar-refractivity contribution in [3.05, 3.63) is 29.8 Å². The third-order valence-corrected chi connectivity index (χ3v) is 1.68. The van der Waals surface area contributed by atoms with E-state index in [0.29, 0.717) is 0 Å². The molecular formula is C10H8N2O3. The molecule has 76 valence electrons. The Kier molecular flexibility index (Phi) is 3.41. The predicted molar refractivity (Wildman–Crippen MR) is 52.0 cm³/mol. The van der Waals surface area contributed by atoms with E-state index in [9.17, 15) is 9.59 Å². The van der Waals surface area contributed by atoms with Crippen LogP contribution in [0.4, 0.5) is 5.69 Å². The molecule has 0 radical (unpaired) electrons. The molecule has 0 heterocycles. The Labute approximate surface area is 86.3 Å². The van der Waals surface area contributed by atoms with Gasteiger partial charge in [0.15, 0.2) is 6.07 Å². The fourth-order valence-electron chi connectivity index (χ4n) is 1.03. The standard InChI is InChI=1S/C10H8N2O3/c1-15-10(14)7-4-2-3-5-8(7)12-9(13)6-11/h2-5H,1H3,(H,12,13). The molecule has 0 spiro atoms. The van der Waals surface area contributed by atoms with Gasteiger partial charge >= 0.3 is 11.9 Å². The van der Waals surface area contributed by atoms with Gasteiger partial charge in [0.2, 0.25) is 0 Å². The lowest BCUT2D eigenvalue weighted by atomic mass is 10.2. The molecule has 1 rings (SSSR count). The SMILES string of the molecule is COC(=O)c1ccccc1NC(=O)C#N. The third kappa shape index (κ3) is 2.54. The fraction of sp³-hybridized carbons (Fsp3) is 0.100. The normalized spacial score (nSPS) is 8.80. The maximum Gasteiger partial charge on any atom is 0.339 e. The largest absolute Gasteiger partial charge is 0.465 e. The number of benzene rings is 1. The number of hydrogen-bond donors (Lipinski definition) is 1. The van der Waals surface area contributed by atoms with E-state index in [4.69, 9.17) is 5.26 Å². The summed E-state index contributed by atoms with van der Waals surface area (Å²) >= 11 is 0. The van der Waals surface area contributed by atoms with Crippen LogP contribution in [0.2, 0.25) is 0 Å². The summed E-state index contributed by atoms with van der Waals surface area (Å²) in [4.78, 5) is 22.1. The van der Waals surface area contributed by atoms with Gasteiger partial charge in [-0.15, -0.1) is 0 Å². The number of carbonyl (C=O) groups is 2. The van der Waals surface area contributed by atoms with Crippen molar-refractivity contribution >= 4 is 17.6 Å². The van der Waals surface area contributed by atoms with Crippen LogP contribution in [0.25, 0.3) is 0 Å². The van der Waals surface area contributed by atoms with E-state index in [1.807, 2.05) is 0 Å². The Morgan fingerprint density at radius 1 is 1.40 bits per heavy atom. The van der Waals surface area contributed by atoms with Crippen molar-refractivity contribution in [1.82, 2.24) is 0 Å². The highest BCUT2D eigenvalue weighted by Crippen LogP contribution is 2.15. The number of nitrogens with zero attached hydrogens (tertiary/aromatic N) is 1. The summed E-state index contributed by atoms with van der Waals surface area (Å²) in [5.41, 5.74) is 0.472. The minimum Gasteiger partial charge on any atom is -0.465 e. The number of methoxy groups -OCH3 is 1. The molecule has 0 atom stereocenters. The van der Waals surface area contributed by atoms with Crippen molar-refractivity contribution in [3.63, 3.8) is 0 Å². The van der Waals surface area contributed by atoms with Gasteiger partial charge in [0.25, 0.3) is 0 Å². The van der Waals surface area contributed by atoms with Gasteiger partial charge in [-0.25, -0.2) is 4.79 Å². The number of carbonyl (C=O) groups excluding carboxylic acids is 2. The van der Waals surface area contributed by atoms with E-state index in [0.717, 1.165) is 0 Å². The van der Waals surface area contributed by atoms with Crippen LogP contribution in [0.1, 0.15) is 10.4 Å². The second-order valence-corrected chi connectivity index (χ2v) is 2.60. The molecule has 5 nitrogen and oxygen atoms in total. The fourth-order valence-corrected chi connectivity index (χ4v) is 1.03. The maximum absolute atomic E-state index is 11.2. The monoisotopic (exact) mass is 204 g/mol. The van der Waals surface area contributed by atoms with Gasteiger partial charge in [-0.05, 0) is 12.1 Å². The van der Waals surface area contributed by atoms with Crippen LogP contribution in [-0.2, 0) is 9.53 Å². The minimum absolute atomic E-state index is 0.212. The topological polar surface area (TPSA) is 79.2 Å². The molecule has 0 aliphatic carbocycles. The van der Waals surface area contributed by atoms with Gasteiger partial charge in [0.1, 0.15) is 0 Å². The zero-order valence-electron chi connectivity index (χ0n) is 7.98. The van der Waals surface area contributed by atoms with Gasteiger partial charge in [0, 0.05) is 0 Å². The summed E-state index contributed by atoms with van der Waals surface area (Å²) in [6.45, 7) is 0. The lowest BCUT2D eigenvalue weighted by molar-refractivity contribution is -0.111. The van der Waals surface area contributed by atoms with Crippen molar-refractivity contribution < 1.29 is 14.3 Å². The van der Waals surface area contributed by atoms with Crippen LogP contribution in [0, 0.1) is 11.3 Å². The van der Waals surface area contributed by atoms with E-state index >= 15 is 0 Å². The van der Waals surface area contributed by atoms with Crippen molar-refractivity contribution in [3.8, 4) is 6.07 Å². The van der Waals surface area contributed by atoms with Crippen LogP contribution < -0.4 is 5.32 Å². The predicted octanol–water partition coefficient (Wildman–Crippen LogP) is 0.935. The second kappa shape index (κ2) is 4.77. The van der Waals surface area contributed by atoms with Gasteiger partial charge in [-0.3, -0.25) is 4.79 Å². The van der Waals surface area contributed by atoms with E-state index in [-0.39, 0.29) is 11.3 Å². The second-order valence-electron chi connectivity index (χ2n) is 2.60. The van der Waals surface area contributed by atoms with Gasteiger partial charge in [-0.1, -0.05) is 12.1 Å². The number of rotatable bonds is 2. The Morgan fingerprint density at radius 2 is 2.07 bits per heavy atom. The molecular weight excluding hydrogens is 196 g/mol. The van der Waals surface area contributed by atoms with Crippen molar-refractivity contribution in [2.75, 3.05) is 12.4 Å². The van der Waals surface area contributed by atoms with Crippen LogP contribution >= 0.6 is 0 Å². The van der Waals surface area contributed by atoms with E-state index in [2.05, 4.69) is 10.1 Å². The first kappa shape index (κ1) is 10.7. The summed E-state index contributed by atoms with van der Waals surface area (Å²) in [5, 5.41) is 10.6. The van der Waals surface area contributed by atoms with Crippen LogP contribution in [0.5, 0.6) is 0 Å². The van der Waals surface area contributed by atoms with E-state index in [1.54, 1.807) is 12.1 Å². The number of hydrogen-bond acceptors (Lipinski definition) is 4. The summed E-state index contributed by atoms with van der Waals surface area (Å²) < 4.78 is 4.52. The molecule has 1 aromatic carbocycles. The highest BCUT2D eigenvalue weighted by Gasteiger charge is 2.12. The number of nitriles is 1. The Bertz CT molecular complexity index is 435. The first-order valence-electron chi connectivity index (χ1n) is 4.07. The first-order chi connectivity index (χ1) is 7.19. The quantitative estimate of drug-likeness (QED) is 0.574. The number of amides is 1. The Hall–Kier alpha value is -2.35. The van der Waals surface area contributed by atoms with E-state index in [1.165, 1.54) is 25.3 Å². The van der Waals surface area contributed by atoms with Crippen LogP contribution in [0.15, 0.2) is 24.3 Å². The molecule has 15 heavy (non-hydrogen) atoms. The van der Waals surface area contributed by atoms with Crippen molar-refractivity contribution in [1.29, 1.82) is 5.26 Å². The minimum atomic E-state index is -0.827. The number of ether oxygens (including phenoxy) is 1. The van der Waals surface area contributed by atoms with Crippen LogP contribution in [-0.4, -0.2) is 19.0 Å². The van der Waals surface area contributed by atoms with Crippen LogP contribution in [0.3, 0.4) is 0 Å². The lowest BCUT2D eigenvalue weighted by Crippen LogP contribution is -2.12. The average molecular weight is 204 g/mol. The molecule has 1 amide bonds. The summed E-state index contributed by atoms with van der Waals surface area (Å²) in [6.07, 6.45) is 0. The number of nitrogens with one attached hydrogen (secondary N) is 1. The smallest absolute Gasteiger partial charge is 0.339 e. The molecule has 0 bridgehead atoms. The Balaban J connectivity index is 3.02. The molecule has 1 aromatic rings. The molecule has 1 N–H and O–H groups in total. The number of para-hydroxylation sites is 1. The Morgan fingerprint density at radius 3 is 2.67 bits per heavy atom. The zero-order chi connectivity index (χ0) is 11.3. The van der Waals surface area contributed by atoms with Gasteiger partial charge in [0.05, 0.1) is 18.4 Å². The van der Waals surface area contributed by atoms with Gasteiger partial charge in [-0.2, -0.15) is 5.26 Å². The zero-order valence-corrected chi connectivity index (χ0v) is 7.98. The molecule has 0 aliphatic rings. The summed E-state index contributed by atoms with van der Waals surface area (Å²) in [5.74, 6) is -1.39. The highest BCUT2D eigenvalue weighted by molar-refractivity contribution is 6.06. The molecule has 0 saturated heterocycles. The number of esters is 1. The summed E-state index contributed by atoms with van der Waals surface area (Å²) in [6, 6.07) is 7.68. The van der Waals surface area contributed by atoms with Crippen molar-refractivity contribution in [2.24, 2.45) is 0 Å². The lowest BCUT2D eigenvalue weighted by Gasteiger charge is -2.06. The highest BCUT2D eigenvalue weighted by atomic mass is 16.5. The van der Waals surface area contributed by atoms with Gasteiger partial charge < -0.3 is 10.1 Å². The van der Waals surface area contributed by atoms with Crippen molar-refractivity contribution in [2.45, 2.75) is 0 Å². The molecule has 0 aliphatic heterocycles. The molecule has 0 saturated carbocycles. The summed E-state index contributed by atoms with van der Waals surface area (Å²) in [7, 11) is 1.24. The first-order valence-corrected chi connectivity index (χ1v) is 4.07. The molecule has 0 unspecified atom stereocenters. The number of anilines is 1. The third-order valence-electron chi connectivity index (χ3n) is 1.68.